The van der Waals surface area contributed by atoms with Crippen LogP contribution >= 0.6 is 0 Å². The lowest BCUT2D eigenvalue weighted by Crippen LogP contribution is -2.43. The number of carbonyl (C=O) groups is 1. The zero-order valence-corrected chi connectivity index (χ0v) is 21.1. The summed E-state index contributed by atoms with van der Waals surface area (Å²) in [5, 5.41) is 0. The van der Waals surface area contributed by atoms with Crippen molar-refractivity contribution in [1.82, 2.24) is 4.90 Å². The number of hydrogen-bond donors (Lipinski definition) is 0. The number of carbonyl (C=O) groups excluding carboxylic acids is 1. The van der Waals surface area contributed by atoms with Gasteiger partial charge in [-0.2, -0.15) is 0 Å². The lowest BCUT2D eigenvalue weighted by Gasteiger charge is -2.38. The Morgan fingerprint density at radius 2 is 1.51 bits per heavy atom. The molecule has 1 aliphatic heterocycles. The zero-order valence-electron chi connectivity index (χ0n) is 21.1. The van der Waals surface area contributed by atoms with Gasteiger partial charge >= 0.3 is 0 Å². The molecule has 3 aromatic carbocycles. The average Bonchev–Trinajstić information content (AvgIpc) is 2.86. The minimum absolute atomic E-state index is 0.0598. The molecule has 4 rings (SSSR count). The molecule has 6 heteroatoms. The SMILES string of the molecule is COc1ccc(CC(=O)N2CCc3cc(OC)c(OC)cc3C2COc2cc(C)cc(C)c2)cc1. The molecule has 0 aliphatic carbocycles. The second-order valence-electron chi connectivity index (χ2n) is 8.92. The molecule has 35 heavy (non-hydrogen) atoms. The van der Waals surface area contributed by atoms with Crippen molar-refractivity contribution in [1.29, 1.82) is 0 Å². The van der Waals surface area contributed by atoms with Gasteiger partial charge in [-0.25, -0.2) is 0 Å². The van der Waals surface area contributed by atoms with E-state index in [2.05, 4.69) is 19.9 Å². The van der Waals surface area contributed by atoms with E-state index in [0.717, 1.165) is 45.7 Å². The van der Waals surface area contributed by atoms with Crippen molar-refractivity contribution in [3.05, 3.63) is 82.4 Å². The van der Waals surface area contributed by atoms with E-state index in [1.54, 1.807) is 21.3 Å². The summed E-state index contributed by atoms with van der Waals surface area (Å²) in [6, 6.07) is 17.5. The molecule has 1 unspecified atom stereocenters. The van der Waals surface area contributed by atoms with E-state index in [1.807, 2.05) is 53.4 Å². The van der Waals surface area contributed by atoms with Crippen LogP contribution in [0.1, 0.15) is 33.9 Å². The third kappa shape index (κ3) is 5.53. The summed E-state index contributed by atoms with van der Waals surface area (Å²) in [6.07, 6.45) is 1.05. The number of nitrogens with zero attached hydrogens (tertiary/aromatic N) is 1. The number of rotatable bonds is 8. The average molecular weight is 476 g/mol. The van der Waals surface area contributed by atoms with E-state index in [0.29, 0.717) is 31.1 Å². The normalized spacial score (nSPS) is 14.8. The second-order valence-corrected chi connectivity index (χ2v) is 8.92. The third-order valence-electron chi connectivity index (χ3n) is 6.44. The highest BCUT2D eigenvalue weighted by molar-refractivity contribution is 5.80. The minimum atomic E-state index is -0.245. The van der Waals surface area contributed by atoms with Gasteiger partial charge in [0.2, 0.25) is 5.91 Å². The smallest absolute Gasteiger partial charge is 0.227 e. The maximum Gasteiger partial charge on any atom is 0.227 e. The monoisotopic (exact) mass is 475 g/mol. The Labute approximate surface area is 207 Å². The van der Waals surface area contributed by atoms with Crippen LogP contribution in [0.25, 0.3) is 0 Å². The molecule has 1 amide bonds. The minimum Gasteiger partial charge on any atom is -0.497 e. The predicted octanol–water partition coefficient (Wildman–Crippen LogP) is 5.08. The van der Waals surface area contributed by atoms with Crippen LogP contribution in [0.2, 0.25) is 0 Å². The van der Waals surface area contributed by atoms with Crippen LogP contribution in [0.4, 0.5) is 0 Å². The van der Waals surface area contributed by atoms with Crippen LogP contribution in [0.15, 0.2) is 54.6 Å². The molecule has 1 aliphatic rings. The number of fused-ring (bicyclic) bond motifs is 1. The number of amides is 1. The first-order chi connectivity index (χ1) is 16.9. The number of methoxy groups -OCH3 is 3. The highest BCUT2D eigenvalue weighted by atomic mass is 16.5. The van der Waals surface area contributed by atoms with Gasteiger partial charge in [0.15, 0.2) is 11.5 Å². The first-order valence-electron chi connectivity index (χ1n) is 11.8. The van der Waals surface area contributed by atoms with E-state index in [-0.39, 0.29) is 11.9 Å². The number of aryl methyl sites for hydroxylation is 2. The van der Waals surface area contributed by atoms with Crippen LogP contribution in [-0.2, 0) is 17.6 Å². The lowest BCUT2D eigenvalue weighted by atomic mass is 9.91. The third-order valence-corrected chi connectivity index (χ3v) is 6.44. The molecule has 0 saturated heterocycles. The Balaban J connectivity index is 1.64. The van der Waals surface area contributed by atoms with Crippen LogP contribution in [0, 0.1) is 13.8 Å². The van der Waals surface area contributed by atoms with Crippen LogP contribution in [0.5, 0.6) is 23.0 Å². The Bertz CT molecular complexity index is 1170. The Morgan fingerprint density at radius 3 is 2.14 bits per heavy atom. The van der Waals surface area contributed by atoms with Gasteiger partial charge < -0.3 is 23.8 Å². The van der Waals surface area contributed by atoms with Gasteiger partial charge in [0.05, 0.1) is 33.8 Å². The second kappa shape index (κ2) is 10.7. The standard InChI is InChI=1S/C29H33NO5/c1-19-12-20(2)14-24(13-19)35-18-26-25-17-28(34-5)27(33-4)16-22(25)10-11-30(26)29(31)15-21-6-8-23(32-3)9-7-21/h6-9,12-14,16-17,26H,10-11,15,18H2,1-5H3. The molecular weight excluding hydrogens is 442 g/mol. The van der Waals surface area contributed by atoms with Crippen molar-refractivity contribution in [3.63, 3.8) is 0 Å². The van der Waals surface area contributed by atoms with Gasteiger partial charge in [0.1, 0.15) is 18.1 Å². The van der Waals surface area contributed by atoms with Gasteiger partial charge in [-0.15, -0.1) is 0 Å². The molecule has 0 bridgehead atoms. The maximum absolute atomic E-state index is 13.5. The number of benzene rings is 3. The fourth-order valence-corrected chi connectivity index (χ4v) is 4.72. The van der Waals surface area contributed by atoms with Crippen molar-refractivity contribution in [2.24, 2.45) is 0 Å². The van der Waals surface area contributed by atoms with Crippen molar-refractivity contribution in [2.45, 2.75) is 32.7 Å². The van der Waals surface area contributed by atoms with E-state index in [4.69, 9.17) is 18.9 Å². The summed E-state index contributed by atoms with van der Waals surface area (Å²) in [5.74, 6) is 2.97. The molecule has 0 N–H and O–H groups in total. The molecule has 6 nitrogen and oxygen atoms in total. The van der Waals surface area contributed by atoms with E-state index < -0.39 is 0 Å². The van der Waals surface area contributed by atoms with Crippen molar-refractivity contribution in [2.75, 3.05) is 34.5 Å². The molecule has 0 fully saturated rings. The Kier molecular flexibility index (Phi) is 7.49. The molecular formula is C29H33NO5. The topological polar surface area (TPSA) is 57.2 Å². The zero-order chi connectivity index (χ0) is 24.9. The van der Waals surface area contributed by atoms with Crippen LogP contribution in [0.3, 0.4) is 0 Å². The van der Waals surface area contributed by atoms with Crippen LogP contribution < -0.4 is 18.9 Å². The van der Waals surface area contributed by atoms with Gasteiger partial charge in [-0.1, -0.05) is 18.2 Å². The molecule has 1 atom stereocenters. The Morgan fingerprint density at radius 1 is 0.857 bits per heavy atom. The Hall–Kier alpha value is -3.67. The predicted molar refractivity (Wildman–Crippen MR) is 136 cm³/mol. The summed E-state index contributed by atoms with van der Waals surface area (Å²) >= 11 is 0. The molecule has 0 spiro atoms. The first-order valence-corrected chi connectivity index (χ1v) is 11.8. The summed E-state index contributed by atoms with van der Waals surface area (Å²) < 4.78 is 22.6. The molecule has 0 saturated carbocycles. The van der Waals surface area contributed by atoms with E-state index in [1.165, 1.54) is 0 Å². The summed E-state index contributed by atoms with van der Waals surface area (Å²) in [5.41, 5.74) is 5.40. The van der Waals surface area contributed by atoms with Gasteiger partial charge in [-0.05, 0) is 84.5 Å². The van der Waals surface area contributed by atoms with Gasteiger partial charge in [-0.3, -0.25) is 4.79 Å². The summed E-state index contributed by atoms with van der Waals surface area (Å²) in [6.45, 7) is 5.06. The molecule has 1 heterocycles. The summed E-state index contributed by atoms with van der Waals surface area (Å²) in [4.78, 5) is 15.5. The fraction of sp³-hybridized carbons (Fsp3) is 0.345. The lowest BCUT2D eigenvalue weighted by molar-refractivity contribution is -0.134. The largest absolute Gasteiger partial charge is 0.497 e. The molecule has 3 aromatic rings. The highest BCUT2D eigenvalue weighted by Crippen LogP contribution is 2.38. The number of ether oxygens (including phenoxy) is 4. The van der Waals surface area contributed by atoms with Crippen molar-refractivity contribution in [3.8, 4) is 23.0 Å². The van der Waals surface area contributed by atoms with Crippen LogP contribution in [-0.4, -0.2) is 45.3 Å². The van der Waals surface area contributed by atoms with Crippen molar-refractivity contribution >= 4 is 5.91 Å². The molecule has 0 aromatic heterocycles. The molecule has 0 radical (unpaired) electrons. The van der Waals surface area contributed by atoms with Gasteiger partial charge in [0, 0.05) is 6.54 Å². The fourth-order valence-electron chi connectivity index (χ4n) is 4.72. The van der Waals surface area contributed by atoms with E-state index >= 15 is 0 Å². The molecule has 184 valence electrons. The summed E-state index contributed by atoms with van der Waals surface area (Å²) in [7, 11) is 4.90. The maximum atomic E-state index is 13.5. The van der Waals surface area contributed by atoms with Crippen molar-refractivity contribution < 1.29 is 23.7 Å². The number of hydrogen-bond acceptors (Lipinski definition) is 5. The highest BCUT2D eigenvalue weighted by Gasteiger charge is 2.33. The van der Waals surface area contributed by atoms with E-state index in [9.17, 15) is 4.79 Å². The quantitative estimate of drug-likeness (QED) is 0.455. The first kappa shape index (κ1) is 24.5. The van der Waals surface area contributed by atoms with Gasteiger partial charge in [0.25, 0.3) is 0 Å².